The number of nitrogens with zero attached hydrogens (tertiary/aromatic N) is 1. The Morgan fingerprint density at radius 1 is 1.89 bits per heavy atom. The number of rotatable bonds is 4. The Labute approximate surface area is 80.9 Å². The minimum atomic E-state index is -0.429. The van der Waals surface area contributed by atoms with Gasteiger partial charge in [0.25, 0.3) is 0 Å². The van der Waals surface area contributed by atoms with Crippen molar-refractivity contribution < 1.29 is 50.0 Å². The SMILES string of the molecule is [C-]#[N+]C(CC)O[Xe]CO. The van der Waals surface area contributed by atoms with Crippen LogP contribution in [-0.4, -0.2) is 12.4 Å². The Balaban J connectivity index is 3.23. The van der Waals surface area contributed by atoms with E-state index in [2.05, 4.69) is 4.85 Å². The fourth-order valence-corrected chi connectivity index (χ4v) is 1.24. The third kappa shape index (κ3) is 5.43. The Bertz CT molecular complexity index is 102. The summed E-state index contributed by atoms with van der Waals surface area (Å²) >= 11 is -0.429. The monoisotopic (exact) mass is 247 g/mol. The first-order valence-electron chi connectivity index (χ1n) is 2.54. The number of aliphatic hydroxyl groups is 1. The molecule has 3 nitrogen and oxygen atoms in total. The van der Waals surface area contributed by atoms with Gasteiger partial charge >= 0.3 is 82.1 Å². The van der Waals surface area contributed by atoms with Gasteiger partial charge in [-0.25, -0.2) is 0 Å². The zero-order valence-corrected chi connectivity index (χ0v) is 7.17. The van der Waals surface area contributed by atoms with Crippen molar-refractivity contribution in [3.63, 3.8) is 0 Å². The van der Waals surface area contributed by atoms with Crippen LogP contribution in [0.2, 0.25) is 0 Å². The molecule has 1 unspecified atom stereocenters. The molecule has 0 aliphatic heterocycles. The topological polar surface area (TPSA) is 33.8 Å². The molecule has 1 N–H and O–H groups in total. The van der Waals surface area contributed by atoms with Gasteiger partial charge in [0.15, 0.2) is 0 Å². The molecule has 0 aliphatic rings. The van der Waals surface area contributed by atoms with Gasteiger partial charge in [-0.2, -0.15) is 0 Å². The molecule has 0 fully saturated rings. The Kier molecular flexibility index (Phi) is 7.87. The van der Waals surface area contributed by atoms with Crippen LogP contribution in [0, 0.1) is 51.4 Å². The van der Waals surface area contributed by atoms with Crippen LogP contribution >= 0.6 is 0 Å². The van der Waals surface area contributed by atoms with Crippen LogP contribution in [0.5, 0.6) is 0 Å². The first-order chi connectivity index (χ1) is 4.35. The predicted molar refractivity (Wildman–Crippen MR) is 28.9 cm³/mol. The summed E-state index contributed by atoms with van der Waals surface area (Å²) in [6.07, 6.45) is 0.383. The van der Waals surface area contributed by atoms with E-state index < -0.39 is 44.9 Å². The Morgan fingerprint density at radius 2 is 2.56 bits per heavy atom. The molecule has 54 valence electrons. The van der Waals surface area contributed by atoms with Crippen molar-refractivity contribution in [2.45, 2.75) is 19.6 Å². The fraction of sp³-hybridized carbons (Fsp3) is 0.800. The summed E-state index contributed by atoms with van der Waals surface area (Å²) in [7, 11) is 0. The van der Waals surface area contributed by atoms with E-state index in [1.807, 2.05) is 6.92 Å². The molecule has 0 rings (SSSR count). The van der Waals surface area contributed by atoms with Gasteiger partial charge in [0, 0.05) is 0 Å². The third-order valence-corrected chi connectivity index (χ3v) is 1.84. The number of hydrogen-bond acceptors (Lipinski definition) is 2. The van der Waals surface area contributed by atoms with Crippen LogP contribution in [0.25, 0.3) is 4.85 Å². The molecule has 0 aromatic heterocycles. The van der Waals surface area contributed by atoms with Crippen LogP contribution in [0.3, 0.4) is 0 Å². The third-order valence-electron chi connectivity index (χ3n) is 0.694. The maximum absolute atomic E-state index is 8.32. The van der Waals surface area contributed by atoms with Gasteiger partial charge in [-0.05, 0) is 0 Å². The summed E-state index contributed by atoms with van der Waals surface area (Å²) < 4.78 is 5.06. The van der Waals surface area contributed by atoms with Gasteiger partial charge in [-0.15, -0.1) is 0 Å². The molecule has 0 amide bonds. The van der Waals surface area contributed by atoms with Crippen molar-refractivity contribution in [3.05, 3.63) is 11.4 Å². The summed E-state index contributed by atoms with van der Waals surface area (Å²) in [5, 5.41) is 8.32. The van der Waals surface area contributed by atoms with E-state index in [0.717, 1.165) is 0 Å². The van der Waals surface area contributed by atoms with Crippen LogP contribution in [-0.2, 0) is 0.0568 Å². The van der Waals surface area contributed by atoms with Crippen molar-refractivity contribution in [2.75, 3.05) is 1.07 Å². The van der Waals surface area contributed by atoms with Crippen molar-refractivity contribution in [1.82, 2.24) is 0 Å². The van der Waals surface area contributed by atoms with E-state index in [0.29, 0.717) is 6.42 Å². The predicted octanol–water partition coefficient (Wildman–Crippen LogP) is 0.608. The number of aliphatic hydroxyl groups excluding tert-OH is 1. The Morgan fingerprint density at radius 3 is 2.89 bits per heavy atom. The molecule has 9 heavy (non-hydrogen) atoms. The zero-order chi connectivity index (χ0) is 7.11. The summed E-state index contributed by atoms with van der Waals surface area (Å²) in [4.78, 5) is 3.18. The molecule has 0 bridgehead atoms. The van der Waals surface area contributed by atoms with Gasteiger partial charge in [-0.1, -0.05) is 0 Å². The molecule has 0 aromatic carbocycles. The molecule has 0 aliphatic carbocycles. The number of hydrogen-bond donors (Lipinski definition) is 1. The summed E-state index contributed by atoms with van der Waals surface area (Å²) in [5.41, 5.74) is 0. The molecular weight excluding hydrogens is 237 g/mol. The normalized spacial score (nSPS) is 13.0. The van der Waals surface area contributed by atoms with Gasteiger partial charge in [-0.3, -0.25) is 0 Å². The fourth-order valence-electron chi connectivity index (χ4n) is 0.263. The van der Waals surface area contributed by atoms with E-state index in [1.165, 1.54) is 0 Å². The summed E-state index contributed by atoms with van der Waals surface area (Å²) in [5.74, 6) is 0. The van der Waals surface area contributed by atoms with Crippen LogP contribution in [0.1, 0.15) is 13.3 Å². The molecule has 0 saturated carbocycles. The van der Waals surface area contributed by atoms with Gasteiger partial charge in [0.2, 0.25) is 0 Å². The summed E-state index contributed by atoms with van der Waals surface area (Å²) in [6.45, 7) is 8.46. The van der Waals surface area contributed by atoms with E-state index in [4.69, 9.17) is 11.7 Å². The second-order valence-electron chi connectivity index (χ2n) is 1.29. The molecular formula is C5H9NO2Xe. The van der Waals surface area contributed by atoms with Crippen LogP contribution in [0.4, 0.5) is 0 Å². The molecule has 0 aromatic rings. The standard InChI is InChI=1S/C5H9NO2Xe/c1-3-5(6-2)8-9-4-7/h5,7H,3-4H2,1H3. The molecule has 4 heteroatoms. The van der Waals surface area contributed by atoms with Gasteiger partial charge in [0.05, 0.1) is 0 Å². The van der Waals surface area contributed by atoms with Gasteiger partial charge in [0.1, 0.15) is 0 Å². The van der Waals surface area contributed by atoms with E-state index in [-0.39, 0.29) is 7.30 Å². The molecule has 0 heterocycles. The van der Waals surface area contributed by atoms with Crippen molar-refractivity contribution in [1.29, 1.82) is 0 Å². The first kappa shape index (κ1) is 9.98. The van der Waals surface area contributed by atoms with Crippen molar-refractivity contribution in [2.24, 2.45) is 0 Å². The molecule has 0 radical (unpaired) electrons. The van der Waals surface area contributed by atoms with E-state index in [1.54, 1.807) is 0 Å². The zero-order valence-electron chi connectivity index (χ0n) is 5.15. The quantitative estimate of drug-likeness (QED) is 0.738. The van der Waals surface area contributed by atoms with Crippen LogP contribution < -0.4 is 0 Å². The second-order valence-corrected chi connectivity index (χ2v) is 2.99. The first-order valence-corrected chi connectivity index (χ1v) is 4.79. The molecule has 1 atom stereocenters. The van der Waals surface area contributed by atoms with Crippen molar-refractivity contribution >= 4 is 0 Å². The van der Waals surface area contributed by atoms with Crippen molar-refractivity contribution in [3.8, 4) is 0 Å². The second kappa shape index (κ2) is 7.09. The Hall–Kier alpha value is 0.981. The maximum atomic E-state index is 8.32. The average Bonchev–Trinajstić information content (AvgIpc) is 1.91. The van der Waals surface area contributed by atoms with E-state index in [9.17, 15) is 0 Å². The molecule has 0 spiro atoms. The van der Waals surface area contributed by atoms with E-state index >= 15 is 0 Å². The van der Waals surface area contributed by atoms with Crippen LogP contribution in [0.15, 0.2) is 0 Å². The molecule has 0 saturated heterocycles. The van der Waals surface area contributed by atoms with Gasteiger partial charge < -0.3 is 0 Å². The average molecular weight is 246 g/mol. The summed E-state index contributed by atoms with van der Waals surface area (Å²) in [6, 6.07) is 0. The minimum absolute atomic E-state index is 0.0821.